The Kier molecular flexibility index (Phi) is 3.75. The van der Waals surface area contributed by atoms with E-state index in [1.807, 2.05) is 0 Å². The molecule has 4 atom stereocenters. The molecule has 132 valence electrons. The number of halogens is 2. The molecule has 0 radical (unpaired) electrons. The minimum Gasteiger partial charge on any atom is -0.181 e. The predicted octanol–water partition coefficient (Wildman–Crippen LogP) is 6.68. The topological polar surface area (TPSA) is 24.7 Å². The molecule has 0 unspecified atom stereocenters. The van der Waals surface area contributed by atoms with Crippen LogP contribution < -0.4 is 0 Å². The van der Waals surface area contributed by atoms with Gasteiger partial charge in [-0.1, -0.05) is 50.3 Å². The summed E-state index contributed by atoms with van der Waals surface area (Å²) in [5.41, 5.74) is 2.00. The van der Waals surface area contributed by atoms with Crippen molar-refractivity contribution in [1.82, 2.24) is 0 Å². The molecule has 26 heavy (non-hydrogen) atoms. The maximum absolute atomic E-state index is 5.08. The van der Waals surface area contributed by atoms with E-state index >= 15 is 0 Å². The third-order valence-corrected chi connectivity index (χ3v) is 8.46. The van der Waals surface area contributed by atoms with Crippen LogP contribution in [0.15, 0.2) is 70.9 Å². The largest absolute Gasteiger partial charge is 0.181 e. The summed E-state index contributed by atoms with van der Waals surface area (Å²) in [6, 6.07) is 17.9. The highest BCUT2D eigenvalue weighted by atomic mass is 127. The van der Waals surface area contributed by atoms with Crippen LogP contribution in [0.3, 0.4) is 0 Å². The van der Waals surface area contributed by atoms with Crippen molar-refractivity contribution in [2.45, 2.75) is 31.3 Å². The Balaban J connectivity index is 1.77. The van der Waals surface area contributed by atoms with Crippen molar-refractivity contribution in [1.29, 1.82) is 0 Å². The normalized spacial score (nSPS) is 35.8. The molecule has 0 saturated heterocycles. The summed E-state index contributed by atoms with van der Waals surface area (Å²) in [6.07, 6.45) is 5.85. The Morgan fingerprint density at radius 3 is 1.88 bits per heavy atom. The van der Waals surface area contributed by atoms with Gasteiger partial charge in [-0.15, -0.1) is 0 Å². The zero-order valence-electron chi connectivity index (χ0n) is 14.8. The van der Waals surface area contributed by atoms with Gasteiger partial charge in [-0.25, -0.2) is 0 Å². The minimum atomic E-state index is -0.280. The van der Waals surface area contributed by atoms with Crippen molar-refractivity contribution in [2.75, 3.05) is 0 Å². The molecule has 3 aliphatic rings. The monoisotopic (exact) mass is 566 g/mol. The molecule has 0 amide bonds. The average Bonchev–Trinajstić information content (AvgIpc) is 3.24. The summed E-state index contributed by atoms with van der Waals surface area (Å²) >= 11 is 4.75. The number of rotatable bonds is 2. The predicted molar refractivity (Wildman–Crippen MR) is 121 cm³/mol. The third-order valence-electron chi connectivity index (χ3n) is 7.03. The average molecular weight is 566 g/mol. The zero-order valence-corrected chi connectivity index (χ0v) is 19.1. The van der Waals surface area contributed by atoms with Crippen LogP contribution in [0.5, 0.6) is 0 Å². The molecule has 2 nitrogen and oxygen atoms in total. The smallest absolute Gasteiger partial charge is 0.121 e. The number of benzene rings is 2. The van der Waals surface area contributed by atoms with E-state index in [4.69, 9.17) is 10.2 Å². The van der Waals surface area contributed by atoms with E-state index < -0.39 is 0 Å². The van der Waals surface area contributed by atoms with Crippen molar-refractivity contribution in [3.05, 3.63) is 79.0 Å². The molecule has 2 aromatic rings. The van der Waals surface area contributed by atoms with Gasteiger partial charge in [0, 0.05) is 24.4 Å². The fourth-order valence-electron chi connectivity index (χ4n) is 5.88. The first-order chi connectivity index (χ1) is 12.4. The SMILES string of the molecule is CC1(C)[C@]2(c3ccc(I)cc3)N=N[C@@]1(c1ccc(I)cc1)[C@H]1CC=C[C@H]12. The summed E-state index contributed by atoms with van der Waals surface area (Å²) in [6.45, 7) is 4.77. The zero-order chi connectivity index (χ0) is 18.2. The minimum absolute atomic E-state index is 0.0837. The van der Waals surface area contributed by atoms with E-state index in [0.29, 0.717) is 11.8 Å². The van der Waals surface area contributed by atoms with Gasteiger partial charge >= 0.3 is 0 Å². The first-order valence-corrected chi connectivity index (χ1v) is 11.2. The Morgan fingerprint density at radius 2 is 1.31 bits per heavy atom. The van der Waals surface area contributed by atoms with E-state index in [1.165, 1.54) is 18.3 Å². The fourth-order valence-corrected chi connectivity index (χ4v) is 6.60. The van der Waals surface area contributed by atoms with Crippen LogP contribution in [0.25, 0.3) is 0 Å². The molecule has 1 aliphatic heterocycles. The van der Waals surface area contributed by atoms with Crippen LogP contribution in [0.1, 0.15) is 31.4 Å². The standard InChI is InChI=1S/C22H20I2N2/c1-20(2)21(14-6-10-16(23)11-7-14)18-4-3-5-19(18)22(20,26-25-21)15-8-12-17(24)13-9-15/h3-4,6-13,18-19H,5H2,1-2H3/t18-,19+,21-,22+/m1/s1. The number of hydrogen-bond donors (Lipinski definition) is 0. The van der Waals surface area contributed by atoms with Gasteiger partial charge in [0.25, 0.3) is 0 Å². The Bertz CT molecular complexity index is 930. The van der Waals surface area contributed by atoms with Gasteiger partial charge in [0.15, 0.2) is 0 Å². The van der Waals surface area contributed by atoms with Crippen LogP contribution in [-0.2, 0) is 11.1 Å². The van der Waals surface area contributed by atoms with E-state index in [0.717, 1.165) is 6.42 Å². The van der Waals surface area contributed by atoms with Crippen LogP contribution >= 0.6 is 45.2 Å². The molecule has 1 fully saturated rings. The van der Waals surface area contributed by atoms with Crippen molar-refractivity contribution in [2.24, 2.45) is 27.5 Å². The second kappa shape index (κ2) is 5.63. The maximum Gasteiger partial charge on any atom is 0.121 e. The van der Waals surface area contributed by atoms with Crippen LogP contribution in [-0.4, -0.2) is 0 Å². The number of allylic oxidation sites excluding steroid dienone is 1. The highest BCUT2D eigenvalue weighted by molar-refractivity contribution is 14.1. The summed E-state index contributed by atoms with van der Waals surface area (Å²) in [5.74, 6) is 0.892. The van der Waals surface area contributed by atoms with E-state index in [2.05, 4.69) is 120 Å². The van der Waals surface area contributed by atoms with Gasteiger partial charge < -0.3 is 0 Å². The van der Waals surface area contributed by atoms with Gasteiger partial charge in [0.2, 0.25) is 0 Å². The van der Waals surface area contributed by atoms with Crippen molar-refractivity contribution >= 4 is 45.2 Å². The number of fused-ring (bicyclic) bond motifs is 5. The molecule has 5 rings (SSSR count). The fraction of sp³-hybridized carbons (Fsp3) is 0.364. The van der Waals surface area contributed by atoms with Gasteiger partial charge in [0.1, 0.15) is 11.1 Å². The molecule has 1 heterocycles. The lowest BCUT2D eigenvalue weighted by Gasteiger charge is -2.41. The molecular weight excluding hydrogens is 546 g/mol. The first kappa shape index (κ1) is 17.3. The molecule has 2 aliphatic carbocycles. The van der Waals surface area contributed by atoms with Gasteiger partial charge in [-0.3, -0.25) is 0 Å². The lowest BCUT2D eigenvalue weighted by molar-refractivity contribution is 0.150. The molecule has 1 saturated carbocycles. The van der Waals surface area contributed by atoms with Crippen LogP contribution in [0, 0.1) is 24.4 Å². The second-order valence-corrected chi connectivity index (χ2v) is 10.7. The van der Waals surface area contributed by atoms with Gasteiger partial charge in [-0.2, -0.15) is 10.2 Å². The van der Waals surface area contributed by atoms with Gasteiger partial charge in [-0.05, 0) is 87.0 Å². The molecule has 2 aromatic carbocycles. The van der Waals surface area contributed by atoms with Crippen molar-refractivity contribution < 1.29 is 0 Å². The quantitative estimate of drug-likeness (QED) is 0.286. The summed E-state index contributed by atoms with van der Waals surface area (Å²) < 4.78 is 2.52. The first-order valence-electron chi connectivity index (χ1n) is 9.06. The Hall–Kier alpha value is -0.760. The van der Waals surface area contributed by atoms with E-state index in [-0.39, 0.29) is 16.5 Å². The highest BCUT2D eigenvalue weighted by Crippen LogP contribution is 2.76. The van der Waals surface area contributed by atoms with E-state index in [9.17, 15) is 0 Å². The highest BCUT2D eigenvalue weighted by Gasteiger charge is 2.77. The molecule has 4 heteroatoms. The summed E-state index contributed by atoms with van der Waals surface area (Å²) in [7, 11) is 0. The molecule has 0 N–H and O–H groups in total. The third kappa shape index (κ3) is 1.88. The number of azo groups is 1. The second-order valence-electron chi connectivity index (χ2n) is 8.17. The summed E-state index contributed by atoms with van der Waals surface area (Å²) in [5, 5.41) is 10.2. The Morgan fingerprint density at radius 1 is 0.808 bits per heavy atom. The number of hydrogen-bond acceptors (Lipinski definition) is 2. The van der Waals surface area contributed by atoms with E-state index in [1.54, 1.807) is 0 Å². The molecule has 2 bridgehead atoms. The Labute approximate surface area is 181 Å². The lowest BCUT2D eigenvalue weighted by Crippen LogP contribution is -2.44. The number of nitrogens with zero attached hydrogens (tertiary/aromatic N) is 2. The van der Waals surface area contributed by atoms with Crippen molar-refractivity contribution in [3.63, 3.8) is 0 Å². The summed E-state index contributed by atoms with van der Waals surface area (Å²) in [4.78, 5) is 0. The van der Waals surface area contributed by atoms with Gasteiger partial charge in [0.05, 0.1) is 0 Å². The molecular formula is C22H20I2N2. The van der Waals surface area contributed by atoms with Crippen LogP contribution in [0.2, 0.25) is 0 Å². The maximum atomic E-state index is 5.08. The van der Waals surface area contributed by atoms with Crippen LogP contribution in [0.4, 0.5) is 0 Å². The lowest BCUT2D eigenvalue weighted by atomic mass is 9.61. The van der Waals surface area contributed by atoms with Crippen molar-refractivity contribution in [3.8, 4) is 0 Å². The molecule has 0 spiro atoms. The molecule has 0 aromatic heterocycles.